The van der Waals surface area contributed by atoms with Crippen molar-refractivity contribution in [1.82, 2.24) is 15.1 Å². The number of piperidine rings is 2. The van der Waals surface area contributed by atoms with E-state index in [1.165, 1.54) is 83.8 Å². The Morgan fingerprint density at radius 3 is 2.33 bits per heavy atom. The van der Waals surface area contributed by atoms with Gasteiger partial charge in [0, 0.05) is 30.2 Å². The Morgan fingerprint density at radius 1 is 0.905 bits per heavy atom. The Morgan fingerprint density at radius 2 is 1.62 bits per heavy atom. The van der Waals surface area contributed by atoms with Gasteiger partial charge in [0.1, 0.15) is 0 Å². The van der Waals surface area contributed by atoms with Crippen LogP contribution in [0, 0.1) is 0 Å². The smallest absolute Gasteiger partial charge is 0.0308 e. The van der Waals surface area contributed by atoms with Crippen molar-refractivity contribution in [1.29, 1.82) is 0 Å². The van der Waals surface area contributed by atoms with Gasteiger partial charge in [0.2, 0.25) is 0 Å². The third-order valence-corrected chi connectivity index (χ3v) is 7.02. The molecule has 0 amide bonds. The molecule has 4 aliphatic rings. The van der Waals surface area contributed by atoms with Gasteiger partial charge < -0.3 is 10.2 Å². The molecule has 3 heterocycles. The van der Waals surface area contributed by atoms with Crippen LogP contribution in [0.3, 0.4) is 0 Å². The Labute approximate surface area is 130 Å². The predicted molar refractivity (Wildman–Crippen MR) is 87.6 cm³/mol. The summed E-state index contributed by atoms with van der Waals surface area (Å²) in [5.41, 5.74) is 0.481. The standard InChI is InChI=1S/C18H33N3/c1-20-15-6-4-7-16(20)13-17(12-15)21-11-5-10-19-18(14-21)8-2-3-9-18/h15-17,19H,2-14H2,1H3. The van der Waals surface area contributed by atoms with Crippen LogP contribution in [0.25, 0.3) is 0 Å². The largest absolute Gasteiger partial charge is 0.310 e. The van der Waals surface area contributed by atoms with Crippen molar-refractivity contribution in [2.75, 3.05) is 26.7 Å². The van der Waals surface area contributed by atoms with E-state index >= 15 is 0 Å². The highest BCUT2D eigenvalue weighted by Gasteiger charge is 2.42. The van der Waals surface area contributed by atoms with Crippen molar-refractivity contribution in [3.05, 3.63) is 0 Å². The lowest BCUT2D eigenvalue weighted by Gasteiger charge is -2.50. The van der Waals surface area contributed by atoms with Gasteiger partial charge in [-0.2, -0.15) is 0 Å². The van der Waals surface area contributed by atoms with Gasteiger partial charge in [0.15, 0.2) is 0 Å². The summed E-state index contributed by atoms with van der Waals surface area (Å²) in [5, 5.41) is 3.93. The molecule has 0 aromatic heterocycles. The van der Waals surface area contributed by atoms with Crippen molar-refractivity contribution in [2.45, 2.75) is 87.9 Å². The highest BCUT2D eigenvalue weighted by molar-refractivity contribution is 5.01. The summed E-state index contributed by atoms with van der Waals surface area (Å²) in [6.07, 6.45) is 14.3. The molecule has 4 rings (SSSR count). The first-order chi connectivity index (χ1) is 10.3. The van der Waals surface area contributed by atoms with Crippen LogP contribution in [0.15, 0.2) is 0 Å². The second kappa shape index (κ2) is 5.82. The van der Waals surface area contributed by atoms with E-state index in [0.717, 1.165) is 18.1 Å². The number of rotatable bonds is 1. The Balaban J connectivity index is 1.47. The van der Waals surface area contributed by atoms with Crippen molar-refractivity contribution in [3.63, 3.8) is 0 Å². The molecule has 2 unspecified atom stereocenters. The number of nitrogens with zero attached hydrogens (tertiary/aromatic N) is 2. The molecule has 1 aliphatic carbocycles. The van der Waals surface area contributed by atoms with Crippen molar-refractivity contribution >= 4 is 0 Å². The van der Waals surface area contributed by atoms with E-state index < -0.39 is 0 Å². The van der Waals surface area contributed by atoms with Crippen LogP contribution in [0.2, 0.25) is 0 Å². The molecule has 1 spiro atoms. The quantitative estimate of drug-likeness (QED) is 0.801. The second-order valence-corrected chi connectivity index (χ2v) is 8.27. The van der Waals surface area contributed by atoms with Crippen LogP contribution >= 0.6 is 0 Å². The molecule has 2 atom stereocenters. The molecular weight excluding hydrogens is 258 g/mol. The Hall–Kier alpha value is -0.120. The van der Waals surface area contributed by atoms with Crippen LogP contribution in [0.1, 0.15) is 64.2 Å². The van der Waals surface area contributed by atoms with Crippen LogP contribution in [0.4, 0.5) is 0 Å². The van der Waals surface area contributed by atoms with Gasteiger partial charge in [-0.05, 0) is 65.1 Å². The molecule has 3 saturated heterocycles. The highest BCUT2D eigenvalue weighted by Crippen LogP contribution is 2.37. The highest BCUT2D eigenvalue weighted by atomic mass is 15.3. The molecule has 0 aromatic carbocycles. The van der Waals surface area contributed by atoms with E-state index in [2.05, 4.69) is 22.2 Å². The molecule has 120 valence electrons. The normalized spacial score (nSPS) is 41.3. The first-order valence-corrected chi connectivity index (χ1v) is 9.47. The minimum Gasteiger partial charge on any atom is -0.310 e. The average Bonchev–Trinajstić information content (AvgIpc) is 2.79. The van der Waals surface area contributed by atoms with Crippen molar-refractivity contribution in [2.24, 2.45) is 0 Å². The summed E-state index contributed by atoms with van der Waals surface area (Å²) in [7, 11) is 2.38. The average molecular weight is 291 g/mol. The monoisotopic (exact) mass is 291 g/mol. The lowest BCUT2D eigenvalue weighted by Crippen LogP contribution is -2.58. The van der Waals surface area contributed by atoms with E-state index in [-0.39, 0.29) is 0 Å². The molecule has 1 N–H and O–H groups in total. The van der Waals surface area contributed by atoms with Gasteiger partial charge in [-0.15, -0.1) is 0 Å². The zero-order valence-electron chi connectivity index (χ0n) is 13.8. The molecule has 2 bridgehead atoms. The lowest BCUT2D eigenvalue weighted by atomic mass is 9.81. The molecule has 21 heavy (non-hydrogen) atoms. The molecule has 0 aromatic rings. The maximum Gasteiger partial charge on any atom is 0.0308 e. The summed E-state index contributed by atoms with van der Waals surface area (Å²) in [4.78, 5) is 5.62. The molecule has 0 radical (unpaired) electrons. The summed E-state index contributed by atoms with van der Waals surface area (Å²) >= 11 is 0. The van der Waals surface area contributed by atoms with Gasteiger partial charge in [0.05, 0.1) is 0 Å². The van der Waals surface area contributed by atoms with E-state index in [1.807, 2.05) is 0 Å². The summed E-state index contributed by atoms with van der Waals surface area (Å²) < 4.78 is 0. The number of hydrogen-bond donors (Lipinski definition) is 1. The summed E-state index contributed by atoms with van der Waals surface area (Å²) in [6.45, 7) is 3.92. The van der Waals surface area contributed by atoms with E-state index in [1.54, 1.807) is 0 Å². The number of fused-ring (bicyclic) bond motifs is 2. The van der Waals surface area contributed by atoms with E-state index in [4.69, 9.17) is 0 Å². The Kier molecular flexibility index (Phi) is 4.01. The molecule has 4 fully saturated rings. The molecule has 3 aliphatic heterocycles. The number of nitrogens with one attached hydrogen (secondary N) is 1. The Bertz CT molecular complexity index is 349. The third kappa shape index (κ3) is 2.77. The predicted octanol–water partition coefficient (Wildman–Crippen LogP) is 2.61. The van der Waals surface area contributed by atoms with E-state index in [0.29, 0.717) is 5.54 Å². The zero-order valence-corrected chi connectivity index (χ0v) is 13.8. The van der Waals surface area contributed by atoms with Gasteiger partial charge in [-0.1, -0.05) is 19.3 Å². The first kappa shape index (κ1) is 14.5. The van der Waals surface area contributed by atoms with Crippen LogP contribution in [-0.4, -0.2) is 60.1 Å². The molecule has 3 nitrogen and oxygen atoms in total. The van der Waals surface area contributed by atoms with Gasteiger partial charge in [-0.3, -0.25) is 4.90 Å². The van der Waals surface area contributed by atoms with Crippen LogP contribution < -0.4 is 5.32 Å². The van der Waals surface area contributed by atoms with E-state index in [9.17, 15) is 0 Å². The molecular formula is C18H33N3. The maximum absolute atomic E-state index is 3.93. The molecule has 1 saturated carbocycles. The number of hydrogen-bond acceptors (Lipinski definition) is 3. The SMILES string of the molecule is CN1C2CCCC1CC(N1CCCNC3(CCCC3)C1)C2. The van der Waals surface area contributed by atoms with Gasteiger partial charge >= 0.3 is 0 Å². The fourth-order valence-corrected chi connectivity index (χ4v) is 5.74. The minimum absolute atomic E-state index is 0.481. The zero-order chi connectivity index (χ0) is 14.3. The summed E-state index contributed by atoms with van der Waals surface area (Å²) in [6, 6.07) is 2.62. The van der Waals surface area contributed by atoms with Crippen molar-refractivity contribution in [3.8, 4) is 0 Å². The van der Waals surface area contributed by atoms with Crippen LogP contribution in [0.5, 0.6) is 0 Å². The maximum atomic E-state index is 3.93. The minimum atomic E-state index is 0.481. The fourth-order valence-electron chi connectivity index (χ4n) is 5.74. The second-order valence-electron chi connectivity index (χ2n) is 8.27. The fraction of sp³-hybridized carbons (Fsp3) is 1.00. The van der Waals surface area contributed by atoms with Crippen LogP contribution in [-0.2, 0) is 0 Å². The summed E-state index contributed by atoms with van der Waals surface area (Å²) in [5.74, 6) is 0. The third-order valence-electron chi connectivity index (χ3n) is 7.02. The topological polar surface area (TPSA) is 18.5 Å². The first-order valence-electron chi connectivity index (χ1n) is 9.47. The van der Waals surface area contributed by atoms with Gasteiger partial charge in [0.25, 0.3) is 0 Å². The molecule has 3 heteroatoms. The van der Waals surface area contributed by atoms with Crippen molar-refractivity contribution < 1.29 is 0 Å². The van der Waals surface area contributed by atoms with Gasteiger partial charge in [-0.25, -0.2) is 0 Å². The lowest BCUT2D eigenvalue weighted by molar-refractivity contribution is 0.00396.